The van der Waals surface area contributed by atoms with Crippen LogP contribution in [0.3, 0.4) is 0 Å². The molecule has 3 N–H and O–H groups in total. The summed E-state index contributed by atoms with van der Waals surface area (Å²) in [6.07, 6.45) is 0.957. The number of rotatable bonds is 8. The summed E-state index contributed by atoms with van der Waals surface area (Å²) in [6, 6.07) is 0. The van der Waals surface area contributed by atoms with Crippen LogP contribution in [-0.4, -0.2) is 53.6 Å². The van der Waals surface area contributed by atoms with Crippen LogP contribution in [0, 0.1) is 11.8 Å². The SMILES string of the molecule is CCOCC1CC(=O)C(CC2=C(O)CC(COCC)CC2O)=C(O)C1. The third-order valence-corrected chi connectivity index (χ3v) is 4.94. The number of ether oxygens (including phenoxy) is 2. The van der Waals surface area contributed by atoms with E-state index in [1.165, 1.54) is 0 Å². The molecule has 0 aromatic heterocycles. The zero-order valence-electron chi connectivity index (χ0n) is 15.2. The van der Waals surface area contributed by atoms with Gasteiger partial charge in [-0.3, -0.25) is 4.79 Å². The first-order valence-corrected chi connectivity index (χ1v) is 9.14. The summed E-state index contributed by atoms with van der Waals surface area (Å²) in [5.41, 5.74) is 0.766. The van der Waals surface area contributed by atoms with E-state index in [1.807, 2.05) is 13.8 Å². The summed E-state index contributed by atoms with van der Waals surface area (Å²) in [5.74, 6) is 0.111. The minimum absolute atomic E-state index is 0.00868. The molecule has 142 valence electrons. The van der Waals surface area contributed by atoms with E-state index in [0.717, 1.165) is 0 Å². The lowest BCUT2D eigenvalue weighted by atomic mass is 9.80. The van der Waals surface area contributed by atoms with E-state index in [2.05, 4.69) is 0 Å². The third kappa shape index (κ3) is 5.30. The fourth-order valence-electron chi connectivity index (χ4n) is 3.58. The lowest BCUT2D eigenvalue weighted by molar-refractivity contribution is -0.118. The quantitative estimate of drug-likeness (QED) is 0.620. The van der Waals surface area contributed by atoms with Crippen LogP contribution in [-0.2, 0) is 14.3 Å². The Bertz CT molecular complexity index is 536. The second kappa shape index (κ2) is 9.36. The topological polar surface area (TPSA) is 96.2 Å². The summed E-state index contributed by atoms with van der Waals surface area (Å²) in [5, 5.41) is 31.0. The van der Waals surface area contributed by atoms with Gasteiger partial charge in [-0.2, -0.15) is 0 Å². The molecule has 0 saturated carbocycles. The number of aliphatic hydroxyl groups is 3. The van der Waals surface area contributed by atoms with Gasteiger partial charge in [0.1, 0.15) is 0 Å². The normalized spacial score (nSPS) is 28.0. The number of ketones is 1. The van der Waals surface area contributed by atoms with Crippen molar-refractivity contribution in [3.63, 3.8) is 0 Å². The third-order valence-electron chi connectivity index (χ3n) is 4.94. The highest BCUT2D eigenvalue weighted by molar-refractivity contribution is 5.97. The van der Waals surface area contributed by atoms with Gasteiger partial charge >= 0.3 is 0 Å². The Morgan fingerprint density at radius 1 is 0.960 bits per heavy atom. The van der Waals surface area contributed by atoms with Crippen LogP contribution in [0.4, 0.5) is 0 Å². The first-order chi connectivity index (χ1) is 12.0. The molecule has 2 aliphatic carbocycles. The lowest BCUT2D eigenvalue weighted by Crippen LogP contribution is -2.29. The Morgan fingerprint density at radius 2 is 1.56 bits per heavy atom. The molecule has 0 saturated heterocycles. The molecular weight excluding hydrogens is 324 g/mol. The van der Waals surface area contributed by atoms with Gasteiger partial charge in [0.2, 0.25) is 0 Å². The molecule has 0 aliphatic heterocycles. The van der Waals surface area contributed by atoms with Gasteiger partial charge in [-0.05, 0) is 32.1 Å². The molecule has 0 radical (unpaired) electrons. The second-order valence-corrected chi connectivity index (χ2v) is 6.91. The fraction of sp³-hybridized carbons (Fsp3) is 0.737. The molecular formula is C19H30O6. The molecule has 0 aromatic carbocycles. The highest BCUT2D eigenvalue weighted by Crippen LogP contribution is 2.36. The standard InChI is InChI=1S/C19H30O6/c1-3-24-10-12-5-16(20)14(17(21)6-12)9-15-18(22)7-13(8-19(15)23)11-25-4-2/h12-13,16,20-22H,3-11H2,1-2H3. The van der Waals surface area contributed by atoms with Crippen molar-refractivity contribution in [2.45, 2.75) is 52.1 Å². The number of aliphatic hydroxyl groups excluding tert-OH is 3. The average molecular weight is 354 g/mol. The molecule has 0 aromatic rings. The zero-order chi connectivity index (χ0) is 18.4. The average Bonchev–Trinajstić information content (AvgIpc) is 2.56. The molecule has 3 unspecified atom stereocenters. The van der Waals surface area contributed by atoms with Crippen molar-refractivity contribution in [1.29, 1.82) is 0 Å². The number of hydrogen-bond acceptors (Lipinski definition) is 6. The van der Waals surface area contributed by atoms with Gasteiger partial charge in [0.25, 0.3) is 0 Å². The Hall–Kier alpha value is -1.37. The van der Waals surface area contributed by atoms with Crippen molar-refractivity contribution >= 4 is 5.78 Å². The molecule has 0 spiro atoms. The lowest BCUT2D eigenvalue weighted by Gasteiger charge is -2.30. The second-order valence-electron chi connectivity index (χ2n) is 6.91. The predicted octanol–water partition coefficient (Wildman–Crippen LogP) is 2.82. The molecule has 2 rings (SSSR count). The van der Waals surface area contributed by atoms with Gasteiger partial charge in [-0.15, -0.1) is 0 Å². The van der Waals surface area contributed by atoms with E-state index in [4.69, 9.17) is 9.47 Å². The van der Waals surface area contributed by atoms with E-state index in [9.17, 15) is 20.1 Å². The van der Waals surface area contributed by atoms with Crippen LogP contribution in [0.2, 0.25) is 0 Å². The Kier molecular flexibility index (Phi) is 7.47. The van der Waals surface area contributed by atoms with Gasteiger partial charge < -0.3 is 24.8 Å². The summed E-state index contributed by atoms with van der Waals surface area (Å²) in [6.45, 7) is 5.93. The highest BCUT2D eigenvalue weighted by Gasteiger charge is 2.33. The van der Waals surface area contributed by atoms with Gasteiger partial charge in [0, 0.05) is 56.7 Å². The van der Waals surface area contributed by atoms with E-state index in [-0.39, 0.29) is 35.6 Å². The number of Topliss-reactive ketones (excluding diaryl/α,β-unsaturated/α-hetero) is 1. The largest absolute Gasteiger partial charge is 0.512 e. The number of allylic oxidation sites excluding steroid dienone is 3. The van der Waals surface area contributed by atoms with Crippen molar-refractivity contribution in [3.05, 3.63) is 22.7 Å². The molecule has 25 heavy (non-hydrogen) atoms. The molecule has 0 fully saturated rings. The maximum Gasteiger partial charge on any atom is 0.162 e. The van der Waals surface area contributed by atoms with Gasteiger partial charge in [-0.25, -0.2) is 0 Å². The van der Waals surface area contributed by atoms with Crippen molar-refractivity contribution in [3.8, 4) is 0 Å². The van der Waals surface area contributed by atoms with Gasteiger partial charge in [-0.1, -0.05) is 0 Å². The Balaban J connectivity index is 2.06. The van der Waals surface area contributed by atoms with Crippen LogP contribution < -0.4 is 0 Å². The van der Waals surface area contributed by atoms with Crippen molar-refractivity contribution in [2.24, 2.45) is 11.8 Å². The number of hydrogen-bond donors (Lipinski definition) is 3. The molecule has 3 atom stereocenters. The maximum atomic E-state index is 12.4. The first-order valence-electron chi connectivity index (χ1n) is 9.14. The van der Waals surface area contributed by atoms with Gasteiger partial charge in [0.15, 0.2) is 5.78 Å². The van der Waals surface area contributed by atoms with Crippen molar-refractivity contribution in [2.75, 3.05) is 26.4 Å². The monoisotopic (exact) mass is 354 g/mol. The minimum atomic E-state index is -0.812. The summed E-state index contributed by atoms with van der Waals surface area (Å²) in [7, 11) is 0. The Labute approximate surface area is 149 Å². The molecule has 0 heterocycles. The van der Waals surface area contributed by atoms with Crippen molar-refractivity contribution in [1.82, 2.24) is 0 Å². The number of carbonyl (C=O) groups excluding carboxylic acids is 1. The minimum Gasteiger partial charge on any atom is -0.512 e. The molecule has 6 nitrogen and oxygen atoms in total. The zero-order valence-corrected chi connectivity index (χ0v) is 15.2. The van der Waals surface area contributed by atoms with E-state index >= 15 is 0 Å². The molecule has 0 amide bonds. The van der Waals surface area contributed by atoms with Crippen molar-refractivity contribution < 1.29 is 29.6 Å². The maximum absolute atomic E-state index is 12.4. The highest BCUT2D eigenvalue weighted by atomic mass is 16.5. The first kappa shape index (κ1) is 19.9. The van der Waals surface area contributed by atoms with E-state index in [1.54, 1.807) is 0 Å². The predicted molar refractivity (Wildman–Crippen MR) is 93.4 cm³/mol. The van der Waals surface area contributed by atoms with Crippen LogP contribution in [0.15, 0.2) is 22.7 Å². The van der Waals surface area contributed by atoms with E-state index in [0.29, 0.717) is 63.3 Å². The van der Waals surface area contributed by atoms with Crippen LogP contribution >= 0.6 is 0 Å². The molecule has 2 aliphatic rings. The van der Waals surface area contributed by atoms with Crippen LogP contribution in [0.25, 0.3) is 0 Å². The summed E-state index contributed by atoms with van der Waals surface area (Å²) >= 11 is 0. The summed E-state index contributed by atoms with van der Waals surface area (Å²) < 4.78 is 10.7. The molecule has 0 bridgehead atoms. The molecule has 6 heteroatoms. The fourth-order valence-corrected chi connectivity index (χ4v) is 3.58. The van der Waals surface area contributed by atoms with Gasteiger partial charge in [0.05, 0.1) is 24.2 Å². The van der Waals surface area contributed by atoms with Crippen LogP contribution in [0.1, 0.15) is 46.0 Å². The summed E-state index contributed by atoms with van der Waals surface area (Å²) in [4.78, 5) is 12.4. The Morgan fingerprint density at radius 3 is 2.12 bits per heavy atom. The van der Waals surface area contributed by atoms with E-state index < -0.39 is 6.10 Å². The smallest absolute Gasteiger partial charge is 0.162 e. The van der Waals surface area contributed by atoms with Crippen LogP contribution in [0.5, 0.6) is 0 Å². The number of carbonyl (C=O) groups is 1.